The maximum absolute atomic E-state index is 8.89. The summed E-state index contributed by atoms with van der Waals surface area (Å²) in [6, 6.07) is 0. The molecule has 52 valence electrons. The zero-order valence-electron chi connectivity index (χ0n) is 5.13. The van der Waals surface area contributed by atoms with E-state index in [4.69, 9.17) is 19.8 Å². The van der Waals surface area contributed by atoms with Crippen molar-refractivity contribution in [3.05, 3.63) is 0 Å². The van der Waals surface area contributed by atoms with Gasteiger partial charge in [0.15, 0.2) is 0 Å². The predicted molar refractivity (Wildman–Crippen MR) is 21.4 cm³/mol. The molecular weight excluding hydrogens is 252 g/mol. The van der Waals surface area contributed by atoms with Crippen molar-refractivity contribution in [2.75, 3.05) is 0 Å². The SMILES string of the molecule is CC(=O)[O-].CC(=O)[O-].[Ce]. The van der Waals surface area contributed by atoms with Gasteiger partial charge in [-0.2, -0.15) is 0 Å². The van der Waals surface area contributed by atoms with Crippen LogP contribution in [0.5, 0.6) is 0 Å². The van der Waals surface area contributed by atoms with Gasteiger partial charge < -0.3 is 19.8 Å². The summed E-state index contributed by atoms with van der Waals surface area (Å²) < 4.78 is 0. The summed E-state index contributed by atoms with van der Waals surface area (Å²) in [4.78, 5) is 17.8. The summed E-state index contributed by atoms with van der Waals surface area (Å²) in [5, 5.41) is 17.8. The average molecular weight is 258 g/mol. The first-order chi connectivity index (χ1) is 3.46. The van der Waals surface area contributed by atoms with E-state index in [1.54, 1.807) is 0 Å². The van der Waals surface area contributed by atoms with Crippen molar-refractivity contribution in [1.29, 1.82) is 0 Å². The molecule has 0 saturated carbocycles. The summed E-state index contributed by atoms with van der Waals surface area (Å²) in [7, 11) is 0. The van der Waals surface area contributed by atoms with E-state index in [9.17, 15) is 0 Å². The Kier molecular flexibility index (Phi) is 20.0. The van der Waals surface area contributed by atoms with Gasteiger partial charge in [-0.1, -0.05) is 0 Å². The van der Waals surface area contributed by atoms with Gasteiger partial charge in [0.1, 0.15) is 0 Å². The fourth-order valence-electron chi connectivity index (χ4n) is 0. The van der Waals surface area contributed by atoms with Gasteiger partial charge in [0, 0.05) is 53.7 Å². The fraction of sp³-hybridized carbons (Fsp3) is 0.500. The number of carbonyl (C=O) groups excluding carboxylic acids is 2. The summed E-state index contributed by atoms with van der Waals surface area (Å²) in [5.74, 6) is -2.17. The molecule has 0 atom stereocenters. The number of aliphatic carboxylic acids is 2. The second-order valence-corrected chi connectivity index (χ2v) is 0.983. The molecule has 0 aliphatic rings. The maximum Gasteiger partial charge on any atom is 0.0383 e. The molecule has 0 aromatic heterocycles. The quantitative estimate of drug-likeness (QED) is 0.481. The van der Waals surface area contributed by atoms with Gasteiger partial charge in [-0.05, 0) is 13.8 Å². The second-order valence-electron chi connectivity index (χ2n) is 0.983. The minimum absolute atomic E-state index is 0. The number of carboxylic acids is 2. The molecule has 0 fully saturated rings. The van der Waals surface area contributed by atoms with Crippen LogP contribution in [0.3, 0.4) is 0 Å². The van der Waals surface area contributed by atoms with Crippen molar-refractivity contribution in [3.63, 3.8) is 0 Å². The summed E-state index contributed by atoms with van der Waals surface area (Å²) in [6.07, 6.45) is 0. The number of hydrogen-bond acceptors (Lipinski definition) is 4. The number of carboxylic acid groups (broad SMARTS) is 2. The van der Waals surface area contributed by atoms with Gasteiger partial charge in [0.05, 0.1) is 0 Å². The molecule has 0 saturated heterocycles. The monoisotopic (exact) mass is 258 g/mol. The zero-order valence-corrected chi connectivity index (χ0v) is 8.27. The molecule has 0 aliphatic carbocycles. The van der Waals surface area contributed by atoms with Crippen molar-refractivity contribution in [1.82, 2.24) is 0 Å². The van der Waals surface area contributed by atoms with Crippen LogP contribution in [0, 0.1) is 41.7 Å². The zero-order chi connectivity index (χ0) is 7.15. The predicted octanol–water partition coefficient (Wildman–Crippen LogP) is -2.49. The average Bonchev–Trinajstić information content (AvgIpc) is 1.25. The largest absolute Gasteiger partial charge is 0.550 e. The molecule has 0 aromatic carbocycles. The van der Waals surface area contributed by atoms with Crippen LogP contribution in [0.15, 0.2) is 0 Å². The molecule has 0 unspecified atom stereocenters. The Balaban J connectivity index is -0.0000000720. The van der Waals surface area contributed by atoms with Crippen LogP contribution in [0.1, 0.15) is 13.8 Å². The third-order valence-corrected chi connectivity index (χ3v) is 0. The minimum Gasteiger partial charge on any atom is -0.550 e. The molecule has 5 heteroatoms. The molecule has 0 heterocycles. The molecule has 0 bridgehead atoms. The van der Waals surface area contributed by atoms with Crippen molar-refractivity contribution >= 4 is 11.9 Å². The van der Waals surface area contributed by atoms with E-state index < -0.39 is 11.9 Å². The number of rotatable bonds is 0. The summed E-state index contributed by atoms with van der Waals surface area (Å²) >= 11 is 0. The normalized spacial score (nSPS) is 5.56. The Morgan fingerprint density at radius 1 is 1.00 bits per heavy atom. The van der Waals surface area contributed by atoms with E-state index in [-0.39, 0.29) is 41.7 Å². The van der Waals surface area contributed by atoms with E-state index >= 15 is 0 Å². The van der Waals surface area contributed by atoms with E-state index in [0.29, 0.717) is 0 Å². The second kappa shape index (κ2) is 11.2. The van der Waals surface area contributed by atoms with Crippen LogP contribution >= 0.6 is 0 Å². The molecular formula is C4H6CeO4-2. The van der Waals surface area contributed by atoms with Crippen LogP contribution in [-0.2, 0) is 9.59 Å². The molecule has 4 nitrogen and oxygen atoms in total. The van der Waals surface area contributed by atoms with Crippen molar-refractivity contribution < 1.29 is 61.5 Å². The van der Waals surface area contributed by atoms with Gasteiger partial charge in [0.25, 0.3) is 0 Å². The van der Waals surface area contributed by atoms with E-state index in [1.165, 1.54) is 0 Å². The molecule has 0 aromatic rings. The Hall–Kier alpha value is 0.317. The third-order valence-electron chi connectivity index (χ3n) is 0. The van der Waals surface area contributed by atoms with E-state index in [1.807, 2.05) is 0 Å². The molecule has 0 amide bonds. The van der Waals surface area contributed by atoms with Crippen LogP contribution < -0.4 is 10.2 Å². The number of hydrogen-bond donors (Lipinski definition) is 0. The Labute approximate surface area is 86.6 Å². The molecule has 0 spiro atoms. The Bertz CT molecular complexity index is 70.6. The van der Waals surface area contributed by atoms with Gasteiger partial charge in [0.2, 0.25) is 0 Å². The van der Waals surface area contributed by atoms with E-state index in [0.717, 1.165) is 13.8 Å². The minimum atomic E-state index is -1.08. The van der Waals surface area contributed by atoms with Gasteiger partial charge in [-0.25, -0.2) is 0 Å². The number of carbonyl (C=O) groups is 2. The van der Waals surface area contributed by atoms with Crippen molar-refractivity contribution in [2.45, 2.75) is 13.8 Å². The van der Waals surface area contributed by atoms with E-state index in [2.05, 4.69) is 0 Å². The molecule has 0 rings (SSSR count). The summed E-state index contributed by atoms with van der Waals surface area (Å²) in [5.41, 5.74) is 0. The summed E-state index contributed by atoms with van der Waals surface area (Å²) in [6.45, 7) is 1.94. The molecule has 0 N–H and O–H groups in total. The third kappa shape index (κ3) is 3310. The van der Waals surface area contributed by atoms with Gasteiger partial charge >= 0.3 is 0 Å². The van der Waals surface area contributed by atoms with Gasteiger partial charge in [-0.3, -0.25) is 0 Å². The molecule has 0 radical (unpaired) electrons. The fourth-order valence-corrected chi connectivity index (χ4v) is 0. The smallest absolute Gasteiger partial charge is 0.0383 e. The molecule has 0 aliphatic heterocycles. The first-order valence-corrected chi connectivity index (χ1v) is 1.82. The van der Waals surface area contributed by atoms with Gasteiger partial charge in [-0.15, -0.1) is 0 Å². The first-order valence-electron chi connectivity index (χ1n) is 1.82. The molecule has 9 heavy (non-hydrogen) atoms. The van der Waals surface area contributed by atoms with Crippen LogP contribution in [-0.4, -0.2) is 11.9 Å². The van der Waals surface area contributed by atoms with Crippen molar-refractivity contribution in [3.8, 4) is 0 Å². The van der Waals surface area contributed by atoms with Crippen LogP contribution in [0.2, 0.25) is 0 Å². The Morgan fingerprint density at radius 2 is 1.00 bits per heavy atom. The van der Waals surface area contributed by atoms with Crippen LogP contribution in [0.25, 0.3) is 0 Å². The van der Waals surface area contributed by atoms with Crippen molar-refractivity contribution in [2.24, 2.45) is 0 Å². The first kappa shape index (κ1) is 16.2. The van der Waals surface area contributed by atoms with Crippen LogP contribution in [0.4, 0.5) is 0 Å². The standard InChI is InChI=1S/2C2H4O2.Ce/c2*1-2(3)4;/h2*1H3,(H,3,4);/p-2. The Morgan fingerprint density at radius 3 is 1.00 bits per heavy atom. The maximum atomic E-state index is 8.89. The topological polar surface area (TPSA) is 80.3 Å².